The maximum atomic E-state index is 4.17. The van der Waals surface area contributed by atoms with E-state index in [2.05, 4.69) is 43.8 Å². The molecule has 66 valence electrons. The molecule has 0 bridgehead atoms. The van der Waals surface area contributed by atoms with Crippen molar-refractivity contribution in [3.8, 4) is 0 Å². The van der Waals surface area contributed by atoms with Gasteiger partial charge in [-0.3, -0.25) is 0 Å². The number of thiol groups is 1. The van der Waals surface area contributed by atoms with E-state index in [1.807, 2.05) is 11.8 Å². The summed E-state index contributed by atoms with van der Waals surface area (Å²) in [5.41, 5.74) is 2.76. The molecule has 2 heteroatoms. The minimum atomic E-state index is 0.969. The number of benzene rings is 1. The number of hydrogen-bond acceptors (Lipinski definition) is 2. The molecule has 0 aliphatic carbocycles. The zero-order valence-electron chi connectivity index (χ0n) is 7.29. The Morgan fingerprint density at radius 2 is 2.25 bits per heavy atom. The van der Waals surface area contributed by atoms with E-state index in [4.69, 9.17) is 0 Å². The lowest BCUT2D eigenvalue weighted by atomic mass is 10.2. The number of rotatable bonds is 4. The van der Waals surface area contributed by atoms with Crippen molar-refractivity contribution < 1.29 is 0 Å². The highest BCUT2D eigenvalue weighted by Crippen LogP contribution is 2.13. The molecule has 0 saturated carbocycles. The van der Waals surface area contributed by atoms with Gasteiger partial charge in [-0.1, -0.05) is 29.8 Å². The Balaban J connectivity index is 2.41. The maximum absolute atomic E-state index is 4.17. The first kappa shape index (κ1) is 10.0. The highest BCUT2D eigenvalue weighted by atomic mass is 32.2. The minimum absolute atomic E-state index is 0.969. The summed E-state index contributed by atoms with van der Waals surface area (Å²) in [7, 11) is 0. The third-order valence-electron chi connectivity index (χ3n) is 1.59. The van der Waals surface area contributed by atoms with Crippen molar-refractivity contribution in [1.29, 1.82) is 0 Å². The van der Waals surface area contributed by atoms with Gasteiger partial charge in [0.1, 0.15) is 0 Å². The second-order valence-corrected chi connectivity index (χ2v) is 4.32. The molecule has 0 aromatic heterocycles. The second kappa shape index (κ2) is 5.55. The summed E-state index contributed by atoms with van der Waals surface area (Å²) in [6, 6.07) is 8.67. The van der Waals surface area contributed by atoms with Crippen molar-refractivity contribution in [3.05, 3.63) is 35.4 Å². The molecule has 0 atom stereocenters. The third-order valence-corrected chi connectivity index (χ3v) is 3.14. The van der Waals surface area contributed by atoms with E-state index in [1.54, 1.807) is 0 Å². The lowest BCUT2D eigenvalue weighted by Gasteiger charge is -2.00. The molecule has 0 nitrogen and oxygen atoms in total. The van der Waals surface area contributed by atoms with Crippen molar-refractivity contribution in [2.24, 2.45) is 0 Å². The van der Waals surface area contributed by atoms with Gasteiger partial charge in [0.15, 0.2) is 0 Å². The highest BCUT2D eigenvalue weighted by Gasteiger charge is 1.92. The molecular weight excluding hydrogens is 184 g/mol. The quantitative estimate of drug-likeness (QED) is 0.573. The van der Waals surface area contributed by atoms with Crippen LogP contribution in [0.15, 0.2) is 24.3 Å². The Morgan fingerprint density at radius 3 is 2.92 bits per heavy atom. The zero-order chi connectivity index (χ0) is 8.81. The number of aryl methyl sites for hydroxylation is 1. The van der Waals surface area contributed by atoms with E-state index in [-0.39, 0.29) is 0 Å². The molecule has 0 amide bonds. The van der Waals surface area contributed by atoms with Crippen LogP contribution in [0.1, 0.15) is 11.1 Å². The lowest BCUT2D eigenvalue weighted by Crippen LogP contribution is -1.84. The third kappa shape index (κ3) is 3.55. The summed E-state index contributed by atoms with van der Waals surface area (Å²) in [5, 5.41) is 0. The van der Waals surface area contributed by atoms with Crippen LogP contribution >= 0.6 is 24.4 Å². The van der Waals surface area contributed by atoms with Gasteiger partial charge in [-0.05, 0) is 18.2 Å². The van der Waals surface area contributed by atoms with E-state index >= 15 is 0 Å². The second-order valence-electron chi connectivity index (χ2n) is 2.77. The summed E-state index contributed by atoms with van der Waals surface area (Å²) >= 11 is 6.11. The van der Waals surface area contributed by atoms with Gasteiger partial charge in [-0.2, -0.15) is 24.4 Å². The summed E-state index contributed by atoms with van der Waals surface area (Å²) in [6.45, 7) is 2.13. The molecule has 1 aromatic carbocycles. The Kier molecular flexibility index (Phi) is 4.62. The van der Waals surface area contributed by atoms with Gasteiger partial charge in [0.05, 0.1) is 0 Å². The number of hydrogen-bond donors (Lipinski definition) is 1. The smallest absolute Gasteiger partial charge is 0.0184 e. The first-order valence-electron chi connectivity index (χ1n) is 4.07. The lowest BCUT2D eigenvalue weighted by molar-refractivity contribution is 1.35. The van der Waals surface area contributed by atoms with E-state index in [9.17, 15) is 0 Å². The van der Waals surface area contributed by atoms with Crippen molar-refractivity contribution in [1.82, 2.24) is 0 Å². The normalized spacial score (nSPS) is 10.2. The van der Waals surface area contributed by atoms with Gasteiger partial charge in [0.2, 0.25) is 0 Å². The van der Waals surface area contributed by atoms with Crippen molar-refractivity contribution in [3.63, 3.8) is 0 Å². The molecule has 0 fully saturated rings. The first-order valence-corrected chi connectivity index (χ1v) is 5.86. The predicted molar refractivity (Wildman–Crippen MR) is 61.2 cm³/mol. The average molecular weight is 198 g/mol. The summed E-state index contributed by atoms with van der Waals surface area (Å²) in [5.74, 6) is 3.22. The SMILES string of the molecule is Cc1cccc(CSCCS)c1. The van der Waals surface area contributed by atoms with Crippen LogP contribution in [0.4, 0.5) is 0 Å². The molecule has 1 aromatic rings. The van der Waals surface area contributed by atoms with Crippen LogP contribution in [0, 0.1) is 6.92 Å². The van der Waals surface area contributed by atoms with Crippen LogP contribution in [0.25, 0.3) is 0 Å². The van der Waals surface area contributed by atoms with Crippen LogP contribution in [0.2, 0.25) is 0 Å². The molecule has 0 N–H and O–H groups in total. The van der Waals surface area contributed by atoms with Gasteiger partial charge in [0.25, 0.3) is 0 Å². The predicted octanol–water partition coefficient (Wildman–Crippen LogP) is 3.16. The van der Waals surface area contributed by atoms with Gasteiger partial charge in [0, 0.05) is 11.5 Å². The summed E-state index contributed by atoms with van der Waals surface area (Å²) < 4.78 is 0. The van der Waals surface area contributed by atoms with Gasteiger partial charge in [-0.25, -0.2) is 0 Å². The molecule has 0 unspecified atom stereocenters. The van der Waals surface area contributed by atoms with E-state index in [0.717, 1.165) is 17.3 Å². The Hall–Kier alpha value is -0.0800. The molecule has 12 heavy (non-hydrogen) atoms. The fourth-order valence-electron chi connectivity index (χ4n) is 1.06. The van der Waals surface area contributed by atoms with E-state index < -0.39 is 0 Å². The molecule has 0 aliphatic rings. The molecular formula is C10H14S2. The van der Waals surface area contributed by atoms with Crippen LogP contribution < -0.4 is 0 Å². The van der Waals surface area contributed by atoms with E-state index in [0.29, 0.717) is 0 Å². The largest absolute Gasteiger partial charge is 0.179 e. The molecule has 1 rings (SSSR count). The average Bonchev–Trinajstić information content (AvgIpc) is 2.05. The van der Waals surface area contributed by atoms with Gasteiger partial charge >= 0.3 is 0 Å². The minimum Gasteiger partial charge on any atom is -0.179 e. The van der Waals surface area contributed by atoms with E-state index in [1.165, 1.54) is 11.1 Å². The molecule has 0 heterocycles. The van der Waals surface area contributed by atoms with Crippen molar-refractivity contribution >= 4 is 24.4 Å². The van der Waals surface area contributed by atoms with Gasteiger partial charge < -0.3 is 0 Å². The zero-order valence-corrected chi connectivity index (χ0v) is 9.00. The van der Waals surface area contributed by atoms with Crippen molar-refractivity contribution in [2.45, 2.75) is 12.7 Å². The standard InChI is InChI=1S/C10H14S2/c1-9-3-2-4-10(7-9)8-12-6-5-11/h2-4,7,11H,5-6,8H2,1H3. The molecule has 0 spiro atoms. The fraction of sp³-hybridized carbons (Fsp3) is 0.400. The highest BCUT2D eigenvalue weighted by molar-refractivity contribution is 7.99. The van der Waals surface area contributed by atoms with Crippen LogP contribution in [0.5, 0.6) is 0 Å². The monoisotopic (exact) mass is 198 g/mol. The Labute approximate surface area is 84.2 Å². The Bertz CT molecular complexity index is 233. The van der Waals surface area contributed by atoms with Crippen LogP contribution in [-0.4, -0.2) is 11.5 Å². The topological polar surface area (TPSA) is 0 Å². The maximum Gasteiger partial charge on any atom is 0.0184 e. The van der Waals surface area contributed by atoms with Crippen molar-refractivity contribution in [2.75, 3.05) is 11.5 Å². The molecule has 0 radical (unpaired) electrons. The Morgan fingerprint density at radius 1 is 1.42 bits per heavy atom. The summed E-state index contributed by atoms with van der Waals surface area (Å²) in [4.78, 5) is 0. The summed E-state index contributed by atoms with van der Waals surface area (Å²) in [6.07, 6.45) is 0. The van der Waals surface area contributed by atoms with Crippen LogP contribution in [-0.2, 0) is 5.75 Å². The molecule has 0 aliphatic heterocycles. The number of thioether (sulfide) groups is 1. The van der Waals surface area contributed by atoms with Gasteiger partial charge in [-0.15, -0.1) is 0 Å². The molecule has 0 saturated heterocycles. The van der Waals surface area contributed by atoms with Crippen LogP contribution in [0.3, 0.4) is 0 Å². The fourth-order valence-corrected chi connectivity index (χ4v) is 2.13. The first-order chi connectivity index (χ1) is 5.83.